The van der Waals surface area contributed by atoms with Crippen molar-refractivity contribution in [3.63, 3.8) is 0 Å². The molecular formula is C27H20ClN3O. The minimum Gasteiger partial charge on any atom is -0.497 e. The molecular weight excluding hydrogens is 418 g/mol. The fourth-order valence-corrected chi connectivity index (χ4v) is 3.83. The molecule has 1 N–H and O–H groups in total. The Morgan fingerprint density at radius 1 is 0.875 bits per heavy atom. The lowest BCUT2D eigenvalue weighted by atomic mass is 10.0. The van der Waals surface area contributed by atoms with Gasteiger partial charge >= 0.3 is 0 Å². The highest BCUT2D eigenvalue weighted by Crippen LogP contribution is 2.30. The summed E-state index contributed by atoms with van der Waals surface area (Å²) >= 11 is 5.97. The molecule has 0 unspecified atom stereocenters. The number of methoxy groups -OCH3 is 1. The van der Waals surface area contributed by atoms with Gasteiger partial charge in [-0.05, 0) is 60.0 Å². The number of nitrogens with one attached hydrogen (secondary N) is 1. The molecule has 0 aliphatic rings. The first-order chi connectivity index (χ1) is 15.7. The Morgan fingerprint density at radius 3 is 2.44 bits per heavy atom. The molecule has 156 valence electrons. The number of hydrogen-bond acceptors (Lipinski definition) is 4. The summed E-state index contributed by atoms with van der Waals surface area (Å²) in [4.78, 5) is 5.03. The van der Waals surface area contributed by atoms with Crippen LogP contribution in [0.2, 0.25) is 5.02 Å². The summed E-state index contributed by atoms with van der Waals surface area (Å²) in [5, 5.41) is 8.47. The quantitative estimate of drug-likeness (QED) is 0.180. The van der Waals surface area contributed by atoms with Crippen LogP contribution in [0.5, 0.6) is 5.75 Å². The molecule has 32 heavy (non-hydrogen) atoms. The van der Waals surface area contributed by atoms with Crippen LogP contribution in [-0.2, 0) is 0 Å². The maximum atomic E-state index is 5.97. The standard InChI is InChI=1S/C27H20ClN3O/c1-32-23-13-6-19(7-14-23)26-16-20(17-29-31-22-11-9-21(28)10-12-22)25-15-8-18-4-2-3-5-24(18)27(25)30-26/h2-17,31H,1H3. The number of rotatable bonds is 5. The number of hydrogen-bond donors (Lipinski definition) is 1. The molecule has 0 saturated heterocycles. The molecule has 5 rings (SSSR count). The second-order valence-corrected chi connectivity index (χ2v) is 7.82. The Hall–Kier alpha value is -3.89. The van der Waals surface area contributed by atoms with Gasteiger partial charge in [-0.15, -0.1) is 0 Å². The van der Waals surface area contributed by atoms with Crippen molar-refractivity contribution in [3.8, 4) is 17.0 Å². The Morgan fingerprint density at radius 2 is 1.66 bits per heavy atom. The average Bonchev–Trinajstić information content (AvgIpc) is 2.85. The van der Waals surface area contributed by atoms with E-state index in [1.54, 1.807) is 7.11 Å². The topological polar surface area (TPSA) is 46.5 Å². The number of aromatic nitrogens is 1. The molecule has 0 atom stereocenters. The van der Waals surface area contributed by atoms with Crippen molar-refractivity contribution in [1.29, 1.82) is 0 Å². The normalized spacial score (nSPS) is 11.3. The predicted molar refractivity (Wildman–Crippen MR) is 134 cm³/mol. The van der Waals surface area contributed by atoms with Crippen molar-refractivity contribution in [1.82, 2.24) is 4.98 Å². The van der Waals surface area contributed by atoms with Gasteiger partial charge in [0.05, 0.1) is 30.2 Å². The third-order valence-corrected chi connectivity index (χ3v) is 5.62. The number of hydrazone groups is 1. The highest BCUT2D eigenvalue weighted by Gasteiger charge is 2.10. The molecule has 4 nitrogen and oxygen atoms in total. The first-order valence-corrected chi connectivity index (χ1v) is 10.6. The van der Waals surface area contributed by atoms with E-state index in [0.717, 1.165) is 49.9 Å². The van der Waals surface area contributed by atoms with Gasteiger partial charge in [0, 0.05) is 26.9 Å². The van der Waals surface area contributed by atoms with Crippen LogP contribution in [0.15, 0.2) is 96.1 Å². The molecule has 0 radical (unpaired) electrons. The molecule has 5 heteroatoms. The zero-order chi connectivity index (χ0) is 21.9. The molecule has 0 saturated carbocycles. The first-order valence-electron chi connectivity index (χ1n) is 10.2. The van der Waals surface area contributed by atoms with Crippen molar-refractivity contribution in [2.45, 2.75) is 0 Å². The van der Waals surface area contributed by atoms with Crippen LogP contribution in [0.4, 0.5) is 5.69 Å². The molecule has 1 aromatic heterocycles. The number of ether oxygens (including phenoxy) is 1. The second-order valence-electron chi connectivity index (χ2n) is 7.38. The van der Waals surface area contributed by atoms with E-state index in [-0.39, 0.29) is 0 Å². The van der Waals surface area contributed by atoms with E-state index < -0.39 is 0 Å². The van der Waals surface area contributed by atoms with Gasteiger partial charge in [0.1, 0.15) is 5.75 Å². The van der Waals surface area contributed by atoms with Crippen molar-refractivity contribution in [2.24, 2.45) is 5.10 Å². The van der Waals surface area contributed by atoms with Crippen LogP contribution in [0.3, 0.4) is 0 Å². The summed E-state index contributed by atoms with van der Waals surface area (Å²) in [6, 6.07) is 29.9. The molecule has 0 aliphatic heterocycles. The molecule has 0 bridgehead atoms. The molecule has 4 aromatic carbocycles. The SMILES string of the molecule is COc1ccc(-c2cc(C=NNc3ccc(Cl)cc3)c3ccc4ccccc4c3n2)cc1. The Kier molecular flexibility index (Phi) is 5.44. The molecule has 1 heterocycles. The number of pyridine rings is 1. The summed E-state index contributed by atoms with van der Waals surface area (Å²) in [5.74, 6) is 0.814. The van der Waals surface area contributed by atoms with E-state index in [2.05, 4.69) is 40.9 Å². The third kappa shape index (κ3) is 4.01. The largest absolute Gasteiger partial charge is 0.497 e. The lowest BCUT2D eigenvalue weighted by molar-refractivity contribution is 0.415. The van der Waals surface area contributed by atoms with Crippen LogP contribution in [0, 0.1) is 0 Å². The first kappa shape index (κ1) is 20.0. The van der Waals surface area contributed by atoms with Crippen LogP contribution in [-0.4, -0.2) is 18.3 Å². The number of fused-ring (bicyclic) bond motifs is 3. The van der Waals surface area contributed by atoms with Gasteiger partial charge in [0.25, 0.3) is 0 Å². The molecule has 0 amide bonds. The average molecular weight is 438 g/mol. The second kappa shape index (κ2) is 8.69. The van der Waals surface area contributed by atoms with E-state index in [9.17, 15) is 0 Å². The highest BCUT2D eigenvalue weighted by molar-refractivity contribution is 6.30. The number of anilines is 1. The smallest absolute Gasteiger partial charge is 0.118 e. The number of nitrogens with zero attached hydrogens (tertiary/aromatic N) is 2. The molecule has 5 aromatic rings. The van der Waals surface area contributed by atoms with E-state index in [0.29, 0.717) is 5.02 Å². The van der Waals surface area contributed by atoms with Gasteiger partial charge in [-0.1, -0.05) is 48.0 Å². The number of halogens is 1. The van der Waals surface area contributed by atoms with E-state index in [1.807, 2.05) is 66.9 Å². The predicted octanol–water partition coefficient (Wildman–Crippen LogP) is 7.16. The number of benzene rings is 4. The summed E-state index contributed by atoms with van der Waals surface area (Å²) < 4.78 is 5.30. The van der Waals surface area contributed by atoms with Crippen molar-refractivity contribution in [3.05, 3.63) is 102 Å². The molecule has 0 fully saturated rings. The van der Waals surface area contributed by atoms with Crippen LogP contribution >= 0.6 is 11.6 Å². The summed E-state index contributed by atoms with van der Waals surface area (Å²) in [7, 11) is 1.66. The van der Waals surface area contributed by atoms with Crippen molar-refractivity contribution < 1.29 is 4.74 Å². The fourth-order valence-electron chi connectivity index (χ4n) is 3.70. The monoisotopic (exact) mass is 437 g/mol. The summed E-state index contributed by atoms with van der Waals surface area (Å²) in [6.07, 6.45) is 1.83. The van der Waals surface area contributed by atoms with Gasteiger partial charge in [-0.2, -0.15) is 5.10 Å². The van der Waals surface area contributed by atoms with Gasteiger partial charge < -0.3 is 4.74 Å². The van der Waals surface area contributed by atoms with E-state index in [1.165, 1.54) is 0 Å². The van der Waals surface area contributed by atoms with Crippen LogP contribution < -0.4 is 10.2 Å². The van der Waals surface area contributed by atoms with Gasteiger partial charge in [-0.3, -0.25) is 5.43 Å². The van der Waals surface area contributed by atoms with Crippen LogP contribution in [0.1, 0.15) is 5.56 Å². The van der Waals surface area contributed by atoms with Gasteiger partial charge in [0.15, 0.2) is 0 Å². The highest BCUT2D eigenvalue weighted by atomic mass is 35.5. The Labute approximate surface area is 191 Å². The third-order valence-electron chi connectivity index (χ3n) is 5.36. The maximum absolute atomic E-state index is 5.97. The van der Waals surface area contributed by atoms with Crippen molar-refractivity contribution >= 4 is 45.2 Å². The summed E-state index contributed by atoms with van der Waals surface area (Å²) in [5.41, 5.74) is 7.76. The molecule has 0 spiro atoms. The zero-order valence-electron chi connectivity index (χ0n) is 17.4. The van der Waals surface area contributed by atoms with Crippen molar-refractivity contribution in [2.75, 3.05) is 12.5 Å². The minimum absolute atomic E-state index is 0.690. The Balaban J connectivity index is 1.63. The van der Waals surface area contributed by atoms with Gasteiger partial charge in [0.2, 0.25) is 0 Å². The van der Waals surface area contributed by atoms with Crippen LogP contribution in [0.25, 0.3) is 32.9 Å². The lowest BCUT2D eigenvalue weighted by Gasteiger charge is -2.10. The fraction of sp³-hybridized carbons (Fsp3) is 0.0370. The van der Waals surface area contributed by atoms with Gasteiger partial charge in [-0.25, -0.2) is 4.98 Å². The maximum Gasteiger partial charge on any atom is 0.118 e. The zero-order valence-corrected chi connectivity index (χ0v) is 18.2. The minimum atomic E-state index is 0.690. The Bertz CT molecular complexity index is 1430. The molecule has 0 aliphatic carbocycles. The van der Waals surface area contributed by atoms with E-state index in [4.69, 9.17) is 21.3 Å². The van der Waals surface area contributed by atoms with E-state index >= 15 is 0 Å². The lowest BCUT2D eigenvalue weighted by Crippen LogP contribution is -1.95. The summed E-state index contributed by atoms with van der Waals surface area (Å²) in [6.45, 7) is 0.